The lowest BCUT2D eigenvalue weighted by Gasteiger charge is -2.13. The number of nitrogens with one attached hydrogen (secondary N) is 1. The molecule has 0 heterocycles. The van der Waals surface area contributed by atoms with Gasteiger partial charge in [0.1, 0.15) is 0 Å². The summed E-state index contributed by atoms with van der Waals surface area (Å²) in [5, 5.41) is 11.9. The highest BCUT2D eigenvalue weighted by Gasteiger charge is 2.30. The first kappa shape index (κ1) is 20.1. The maximum atomic E-state index is 12.8. The fourth-order valence-corrected chi connectivity index (χ4v) is 2.91. The van der Waals surface area contributed by atoms with Crippen LogP contribution in [0.4, 0.5) is 18.9 Å². The van der Waals surface area contributed by atoms with Crippen molar-refractivity contribution in [1.29, 1.82) is 0 Å². The van der Waals surface area contributed by atoms with Crippen molar-refractivity contribution in [1.82, 2.24) is 0 Å². The highest BCUT2D eigenvalue weighted by molar-refractivity contribution is 6.11. The van der Waals surface area contributed by atoms with E-state index in [0.29, 0.717) is 11.1 Å². The molecule has 0 fully saturated rings. The highest BCUT2D eigenvalue weighted by atomic mass is 19.4. The fraction of sp³-hybridized carbons (Fsp3) is 0.0909. The molecule has 3 aromatic rings. The molecule has 29 heavy (non-hydrogen) atoms. The molecule has 0 unspecified atom stereocenters. The molecule has 3 rings (SSSR count). The van der Waals surface area contributed by atoms with E-state index in [-0.39, 0.29) is 16.8 Å². The number of hydrogen-bond acceptors (Lipinski definition) is 2. The van der Waals surface area contributed by atoms with Crippen molar-refractivity contribution in [3.05, 3.63) is 89.0 Å². The second-order valence-corrected chi connectivity index (χ2v) is 6.43. The van der Waals surface area contributed by atoms with Crippen LogP contribution in [0.1, 0.15) is 31.8 Å². The van der Waals surface area contributed by atoms with E-state index in [1.165, 1.54) is 30.3 Å². The minimum absolute atomic E-state index is 0.0506. The van der Waals surface area contributed by atoms with Gasteiger partial charge in [0.2, 0.25) is 0 Å². The molecule has 1 amide bonds. The van der Waals surface area contributed by atoms with Crippen LogP contribution in [0.15, 0.2) is 66.7 Å². The van der Waals surface area contributed by atoms with Crippen LogP contribution in [0, 0.1) is 6.92 Å². The molecule has 0 bridgehead atoms. The van der Waals surface area contributed by atoms with Crippen molar-refractivity contribution in [3.8, 4) is 11.1 Å². The third kappa shape index (κ3) is 4.45. The van der Waals surface area contributed by atoms with Crippen molar-refractivity contribution in [2.24, 2.45) is 0 Å². The molecule has 0 saturated carbocycles. The van der Waals surface area contributed by atoms with Crippen LogP contribution >= 0.6 is 0 Å². The number of halogens is 3. The summed E-state index contributed by atoms with van der Waals surface area (Å²) < 4.78 is 38.4. The van der Waals surface area contributed by atoms with Gasteiger partial charge in [0.25, 0.3) is 5.91 Å². The predicted molar refractivity (Wildman–Crippen MR) is 103 cm³/mol. The Morgan fingerprint density at radius 3 is 2.17 bits per heavy atom. The normalized spacial score (nSPS) is 11.2. The Hall–Kier alpha value is -3.61. The zero-order chi connectivity index (χ0) is 21.2. The standard InChI is InChI=1S/C22H16F3NO3/c1-13-6-11-19(18(12-13)21(28)29)26-20(27)17-5-3-2-4-16(17)14-7-9-15(10-8-14)22(23,24)25/h2-12H,1H3,(H,26,27)(H,28,29). The molecule has 0 aliphatic rings. The average molecular weight is 399 g/mol. The average Bonchev–Trinajstić information content (AvgIpc) is 2.68. The number of carboxylic acids is 1. The second-order valence-electron chi connectivity index (χ2n) is 6.43. The first-order chi connectivity index (χ1) is 13.7. The van der Waals surface area contributed by atoms with E-state index in [0.717, 1.165) is 17.7 Å². The molecule has 0 spiro atoms. The van der Waals surface area contributed by atoms with Gasteiger partial charge in [-0.05, 0) is 48.4 Å². The molecule has 148 valence electrons. The summed E-state index contributed by atoms with van der Waals surface area (Å²) in [6.07, 6.45) is -4.45. The topological polar surface area (TPSA) is 66.4 Å². The molecule has 0 aliphatic carbocycles. The first-order valence-electron chi connectivity index (χ1n) is 8.59. The molecule has 3 aromatic carbocycles. The summed E-state index contributed by atoms with van der Waals surface area (Å²) in [5.74, 6) is -1.74. The van der Waals surface area contributed by atoms with Crippen LogP contribution in [0.25, 0.3) is 11.1 Å². The van der Waals surface area contributed by atoms with E-state index in [1.807, 2.05) is 0 Å². The van der Waals surface area contributed by atoms with Gasteiger partial charge in [0.15, 0.2) is 0 Å². The van der Waals surface area contributed by atoms with Crippen LogP contribution in [-0.2, 0) is 6.18 Å². The van der Waals surface area contributed by atoms with Crippen LogP contribution in [-0.4, -0.2) is 17.0 Å². The number of anilines is 1. The number of carbonyl (C=O) groups is 2. The molecule has 0 saturated heterocycles. The number of carbonyl (C=O) groups excluding carboxylic acids is 1. The summed E-state index contributed by atoms with van der Waals surface area (Å²) in [4.78, 5) is 24.3. The van der Waals surface area contributed by atoms with Gasteiger partial charge >= 0.3 is 12.1 Å². The lowest BCUT2D eigenvalue weighted by Crippen LogP contribution is -2.16. The Bertz CT molecular complexity index is 1070. The number of aromatic carboxylic acids is 1. The third-order valence-electron chi connectivity index (χ3n) is 4.35. The van der Waals surface area contributed by atoms with Crippen molar-refractivity contribution in [2.75, 3.05) is 5.32 Å². The van der Waals surface area contributed by atoms with Gasteiger partial charge in [-0.3, -0.25) is 4.79 Å². The number of amides is 1. The summed E-state index contributed by atoms with van der Waals surface area (Å²) in [6.45, 7) is 1.73. The zero-order valence-corrected chi connectivity index (χ0v) is 15.2. The van der Waals surface area contributed by atoms with Crippen molar-refractivity contribution < 1.29 is 27.9 Å². The fourth-order valence-electron chi connectivity index (χ4n) is 2.91. The molecule has 4 nitrogen and oxygen atoms in total. The van der Waals surface area contributed by atoms with Crippen molar-refractivity contribution >= 4 is 17.6 Å². The van der Waals surface area contributed by atoms with E-state index >= 15 is 0 Å². The van der Waals surface area contributed by atoms with E-state index in [2.05, 4.69) is 5.32 Å². The van der Waals surface area contributed by atoms with Gasteiger partial charge in [0, 0.05) is 5.56 Å². The predicted octanol–water partition coefficient (Wildman–Crippen LogP) is 5.63. The van der Waals surface area contributed by atoms with E-state index in [4.69, 9.17) is 0 Å². The molecule has 0 aliphatic heterocycles. The van der Waals surface area contributed by atoms with Crippen molar-refractivity contribution in [2.45, 2.75) is 13.1 Å². The van der Waals surface area contributed by atoms with E-state index in [1.54, 1.807) is 31.2 Å². The summed E-state index contributed by atoms with van der Waals surface area (Å²) >= 11 is 0. The first-order valence-corrected chi connectivity index (χ1v) is 8.59. The smallest absolute Gasteiger partial charge is 0.416 e. The molecule has 2 N–H and O–H groups in total. The minimum atomic E-state index is -4.45. The monoisotopic (exact) mass is 399 g/mol. The van der Waals surface area contributed by atoms with E-state index < -0.39 is 23.6 Å². The Morgan fingerprint density at radius 1 is 0.897 bits per heavy atom. The Kier molecular flexibility index (Phi) is 5.41. The molecular formula is C22H16F3NO3. The number of benzene rings is 3. The largest absolute Gasteiger partial charge is 0.478 e. The van der Waals surface area contributed by atoms with Gasteiger partial charge < -0.3 is 10.4 Å². The van der Waals surface area contributed by atoms with Gasteiger partial charge in [-0.2, -0.15) is 13.2 Å². The Balaban J connectivity index is 1.95. The maximum absolute atomic E-state index is 12.8. The Labute approximate surface area is 164 Å². The molecular weight excluding hydrogens is 383 g/mol. The van der Waals surface area contributed by atoms with Gasteiger partial charge in [-0.15, -0.1) is 0 Å². The number of alkyl halides is 3. The molecule has 7 heteroatoms. The third-order valence-corrected chi connectivity index (χ3v) is 4.35. The summed E-state index contributed by atoms with van der Waals surface area (Å²) in [6, 6.07) is 15.5. The van der Waals surface area contributed by atoms with Crippen LogP contribution < -0.4 is 5.32 Å². The van der Waals surface area contributed by atoms with Gasteiger partial charge in [-0.1, -0.05) is 42.0 Å². The van der Waals surface area contributed by atoms with Crippen LogP contribution in [0.2, 0.25) is 0 Å². The van der Waals surface area contributed by atoms with Crippen LogP contribution in [0.3, 0.4) is 0 Å². The highest BCUT2D eigenvalue weighted by Crippen LogP contribution is 2.32. The number of hydrogen-bond donors (Lipinski definition) is 2. The maximum Gasteiger partial charge on any atom is 0.416 e. The van der Waals surface area contributed by atoms with Crippen molar-refractivity contribution in [3.63, 3.8) is 0 Å². The molecule has 0 aromatic heterocycles. The van der Waals surface area contributed by atoms with Gasteiger partial charge in [0.05, 0.1) is 16.8 Å². The zero-order valence-electron chi connectivity index (χ0n) is 15.2. The quantitative estimate of drug-likeness (QED) is 0.597. The lowest BCUT2D eigenvalue weighted by molar-refractivity contribution is -0.137. The number of carboxylic acid groups (broad SMARTS) is 1. The summed E-state index contributed by atoms with van der Waals surface area (Å²) in [7, 11) is 0. The summed E-state index contributed by atoms with van der Waals surface area (Å²) in [5.41, 5.74) is 1.11. The second kappa shape index (κ2) is 7.79. The van der Waals surface area contributed by atoms with Crippen LogP contribution in [0.5, 0.6) is 0 Å². The molecule has 0 radical (unpaired) electrons. The SMILES string of the molecule is Cc1ccc(NC(=O)c2ccccc2-c2ccc(C(F)(F)F)cc2)c(C(=O)O)c1. The van der Waals surface area contributed by atoms with Gasteiger partial charge in [-0.25, -0.2) is 4.79 Å². The lowest BCUT2D eigenvalue weighted by atomic mass is 9.98. The number of aryl methyl sites for hydroxylation is 1. The number of rotatable bonds is 4. The minimum Gasteiger partial charge on any atom is -0.478 e. The van der Waals surface area contributed by atoms with E-state index in [9.17, 15) is 27.9 Å². The Morgan fingerprint density at radius 2 is 1.55 bits per heavy atom. The molecule has 0 atom stereocenters.